The average Bonchev–Trinajstić information content (AvgIpc) is 2.61. The van der Waals surface area contributed by atoms with E-state index in [0.29, 0.717) is 12.0 Å². The van der Waals surface area contributed by atoms with Crippen molar-refractivity contribution in [1.29, 1.82) is 0 Å². The molecule has 0 saturated heterocycles. The minimum atomic E-state index is -0.510. The van der Waals surface area contributed by atoms with Gasteiger partial charge in [-0.05, 0) is 12.8 Å². The van der Waals surface area contributed by atoms with E-state index in [-0.39, 0.29) is 0 Å². The molecule has 0 N–H and O–H groups in total. The first kappa shape index (κ1) is 13.9. The van der Waals surface area contributed by atoms with E-state index in [0.717, 1.165) is 12.8 Å². The highest BCUT2D eigenvalue weighted by Crippen LogP contribution is 2.17. The van der Waals surface area contributed by atoms with Gasteiger partial charge < -0.3 is 4.74 Å². The normalized spacial score (nSPS) is 15.0. The Labute approximate surface area is 103 Å². The zero-order valence-corrected chi connectivity index (χ0v) is 10.7. The molecule has 0 fully saturated rings. The van der Waals surface area contributed by atoms with Crippen molar-refractivity contribution in [2.45, 2.75) is 64.7 Å². The van der Waals surface area contributed by atoms with Crippen molar-refractivity contribution >= 4 is 11.9 Å². The standard InChI is InChI=1S/C14H22O3/c1-2-3-4-5-6-7-8-9-10-12-11-13(15)17-14(12)16/h11H,2-10H2,1H3. The van der Waals surface area contributed by atoms with Gasteiger partial charge in [0.05, 0.1) is 0 Å². The van der Waals surface area contributed by atoms with Crippen molar-refractivity contribution in [2.24, 2.45) is 0 Å². The molecule has 0 bridgehead atoms. The van der Waals surface area contributed by atoms with Crippen molar-refractivity contribution in [3.8, 4) is 0 Å². The molecule has 0 saturated carbocycles. The fraction of sp³-hybridized carbons (Fsp3) is 0.714. The topological polar surface area (TPSA) is 43.4 Å². The van der Waals surface area contributed by atoms with Gasteiger partial charge in [-0.25, -0.2) is 9.59 Å². The number of hydrogen-bond donors (Lipinski definition) is 0. The Bertz CT molecular complexity index is 292. The molecule has 17 heavy (non-hydrogen) atoms. The van der Waals surface area contributed by atoms with E-state index in [1.807, 2.05) is 0 Å². The van der Waals surface area contributed by atoms with Crippen molar-refractivity contribution < 1.29 is 14.3 Å². The molecule has 0 radical (unpaired) electrons. The van der Waals surface area contributed by atoms with E-state index < -0.39 is 11.9 Å². The highest BCUT2D eigenvalue weighted by atomic mass is 16.6. The number of hydrogen-bond acceptors (Lipinski definition) is 3. The highest BCUT2D eigenvalue weighted by molar-refractivity contribution is 6.08. The van der Waals surface area contributed by atoms with E-state index >= 15 is 0 Å². The van der Waals surface area contributed by atoms with Crippen LogP contribution in [0.2, 0.25) is 0 Å². The van der Waals surface area contributed by atoms with E-state index in [1.165, 1.54) is 44.6 Å². The number of unbranched alkanes of at least 4 members (excludes halogenated alkanes) is 7. The van der Waals surface area contributed by atoms with E-state index in [4.69, 9.17) is 0 Å². The maximum Gasteiger partial charge on any atom is 0.342 e. The Morgan fingerprint density at radius 3 is 2.06 bits per heavy atom. The number of esters is 2. The van der Waals surface area contributed by atoms with Crippen LogP contribution in [0.4, 0.5) is 0 Å². The lowest BCUT2D eigenvalue weighted by molar-refractivity contribution is -0.150. The molecule has 96 valence electrons. The minimum Gasteiger partial charge on any atom is -0.386 e. The molecule has 1 aliphatic heterocycles. The summed E-state index contributed by atoms with van der Waals surface area (Å²) in [6.07, 6.45) is 11.9. The van der Waals surface area contributed by atoms with Gasteiger partial charge in [-0.15, -0.1) is 0 Å². The molecule has 1 rings (SSSR count). The van der Waals surface area contributed by atoms with E-state index in [1.54, 1.807) is 0 Å². The van der Waals surface area contributed by atoms with Gasteiger partial charge in [0.2, 0.25) is 0 Å². The third-order valence-electron chi connectivity index (χ3n) is 3.05. The average molecular weight is 238 g/mol. The van der Waals surface area contributed by atoms with Crippen molar-refractivity contribution in [3.05, 3.63) is 11.6 Å². The molecule has 1 heterocycles. The van der Waals surface area contributed by atoms with Gasteiger partial charge in [-0.1, -0.05) is 51.9 Å². The summed E-state index contributed by atoms with van der Waals surface area (Å²) in [6, 6.07) is 0. The number of carbonyl (C=O) groups is 2. The second-order valence-electron chi connectivity index (χ2n) is 4.60. The number of rotatable bonds is 9. The van der Waals surface area contributed by atoms with Crippen LogP contribution in [0.3, 0.4) is 0 Å². The lowest BCUT2D eigenvalue weighted by Crippen LogP contribution is -2.01. The van der Waals surface area contributed by atoms with Crippen molar-refractivity contribution in [3.63, 3.8) is 0 Å². The van der Waals surface area contributed by atoms with Gasteiger partial charge in [0.1, 0.15) is 0 Å². The SMILES string of the molecule is CCCCCCCCCCC1=CC(=O)OC1=O. The smallest absolute Gasteiger partial charge is 0.342 e. The highest BCUT2D eigenvalue weighted by Gasteiger charge is 2.22. The number of ether oxygens (including phenoxy) is 1. The summed E-state index contributed by atoms with van der Waals surface area (Å²) < 4.78 is 4.43. The Kier molecular flexibility index (Phi) is 6.60. The van der Waals surface area contributed by atoms with Gasteiger partial charge in [0.25, 0.3) is 0 Å². The third kappa shape index (κ3) is 5.66. The van der Waals surface area contributed by atoms with Crippen LogP contribution in [0, 0.1) is 0 Å². The molecule has 3 heteroatoms. The summed E-state index contributed by atoms with van der Waals surface area (Å²) in [6.45, 7) is 2.22. The van der Waals surface area contributed by atoms with Gasteiger partial charge in [0.15, 0.2) is 0 Å². The molecule has 0 unspecified atom stereocenters. The summed E-state index contributed by atoms with van der Waals surface area (Å²) in [5.74, 6) is -0.956. The summed E-state index contributed by atoms with van der Waals surface area (Å²) in [5, 5.41) is 0. The number of cyclic esters (lactones) is 2. The Morgan fingerprint density at radius 2 is 1.53 bits per heavy atom. The Hall–Kier alpha value is -1.12. The molecule has 0 amide bonds. The first-order valence-corrected chi connectivity index (χ1v) is 6.70. The summed E-state index contributed by atoms with van der Waals surface area (Å²) >= 11 is 0. The van der Waals surface area contributed by atoms with Crippen LogP contribution in [0.1, 0.15) is 64.7 Å². The molecular weight excluding hydrogens is 216 g/mol. The summed E-state index contributed by atoms with van der Waals surface area (Å²) in [7, 11) is 0. The molecule has 0 aromatic carbocycles. The molecular formula is C14H22O3. The lowest BCUT2D eigenvalue weighted by atomic mass is 10.0. The molecule has 0 spiro atoms. The second-order valence-corrected chi connectivity index (χ2v) is 4.60. The van der Waals surface area contributed by atoms with Crippen LogP contribution in [0.25, 0.3) is 0 Å². The van der Waals surface area contributed by atoms with Gasteiger partial charge in [0, 0.05) is 11.6 Å². The first-order valence-electron chi connectivity index (χ1n) is 6.70. The summed E-state index contributed by atoms with van der Waals surface area (Å²) in [5.41, 5.74) is 0.543. The van der Waals surface area contributed by atoms with Crippen LogP contribution >= 0.6 is 0 Å². The Morgan fingerprint density at radius 1 is 0.941 bits per heavy atom. The minimum absolute atomic E-state index is 0.446. The van der Waals surface area contributed by atoms with Crippen LogP contribution in [-0.2, 0) is 14.3 Å². The monoisotopic (exact) mass is 238 g/mol. The first-order chi connectivity index (χ1) is 8.24. The predicted molar refractivity (Wildman–Crippen MR) is 66.4 cm³/mol. The zero-order chi connectivity index (χ0) is 12.5. The van der Waals surface area contributed by atoms with Gasteiger partial charge in [-0.3, -0.25) is 0 Å². The fourth-order valence-corrected chi connectivity index (χ4v) is 2.01. The second kappa shape index (κ2) is 8.04. The maximum absolute atomic E-state index is 11.1. The molecule has 3 nitrogen and oxygen atoms in total. The number of carbonyl (C=O) groups excluding carboxylic acids is 2. The Balaban J connectivity index is 1.96. The lowest BCUT2D eigenvalue weighted by Gasteiger charge is -2.01. The van der Waals surface area contributed by atoms with Gasteiger partial charge >= 0.3 is 11.9 Å². The van der Waals surface area contributed by atoms with Crippen molar-refractivity contribution in [1.82, 2.24) is 0 Å². The molecule has 0 aliphatic carbocycles. The van der Waals surface area contributed by atoms with Crippen LogP contribution in [0.5, 0.6) is 0 Å². The predicted octanol–water partition coefficient (Wildman–Crippen LogP) is 3.53. The van der Waals surface area contributed by atoms with E-state index in [2.05, 4.69) is 11.7 Å². The molecule has 0 atom stereocenters. The molecule has 0 aromatic heterocycles. The van der Waals surface area contributed by atoms with Crippen LogP contribution in [0.15, 0.2) is 11.6 Å². The van der Waals surface area contributed by atoms with Crippen LogP contribution < -0.4 is 0 Å². The van der Waals surface area contributed by atoms with Gasteiger partial charge in [-0.2, -0.15) is 0 Å². The molecule has 1 aliphatic rings. The molecule has 0 aromatic rings. The van der Waals surface area contributed by atoms with E-state index in [9.17, 15) is 9.59 Å². The quantitative estimate of drug-likeness (QED) is 0.350. The van der Waals surface area contributed by atoms with Crippen LogP contribution in [-0.4, -0.2) is 11.9 Å². The maximum atomic E-state index is 11.1. The van der Waals surface area contributed by atoms with Crippen molar-refractivity contribution in [2.75, 3.05) is 0 Å². The zero-order valence-electron chi connectivity index (χ0n) is 10.7. The third-order valence-corrected chi connectivity index (χ3v) is 3.05. The summed E-state index contributed by atoms with van der Waals surface area (Å²) in [4.78, 5) is 21.9. The largest absolute Gasteiger partial charge is 0.386 e. The fourth-order valence-electron chi connectivity index (χ4n) is 2.01.